The van der Waals surface area contributed by atoms with Crippen LogP contribution in [0.25, 0.3) is 0 Å². The SMILES string of the molecule is O=C(CN1CCN(C(=O)c2ccco2)CC1)NC(=O)NCc1ccccc1. The molecule has 0 aliphatic carbocycles. The minimum absolute atomic E-state index is 0.113. The Labute approximate surface area is 157 Å². The zero-order chi connectivity index (χ0) is 19.1. The standard InChI is InChI=1S/C19H22N4O4/c24-17(21-19(26)20-13-15-5-2-1-3-6-15)14-22-8-10-23(11-9-22)18(25)16-7-4-12-27-16/h1-7,12H,8-11,13-14H2,(H2,20,21,24,26). The maximum Gasteiger partial charge on any atom is 0.321 e. The van der Waals surface area contributed by atoms with Gasteiger partial charge in [0.05, 0.1) is 12.8 Å². The van der Waals surface area contributed by atoms with Crippen molar-refractivity contribution in [1.29, 1.82) is 0 Å². The van der Waals surface area contributed by atoms with Gasteiger partial charge in [-0.25, -0.2) is 4.79 Å². The lowest BCUT2D eigenvalue weighted by Gasteiger charge is -2.33. The molecule has 1 aromatic heterocycles. The Morgan fingerprint density at radius 1 is 0.963 bits per heavy atom. The van der Waals surface area contributed by atoms with Crippen LogP contribution in [0.5, 0.6) is 0 Å². The van der Waals surface area contributed by atoms with Crippen LogP contribution in [0.3, 0.4) is 0 Å². The molecule has 0 radical (unpaired) electrons. The molecule has 2 aromatic rings. The second-order valence-electron chi connectivity index (χ2n) is 6.26. The molecule has 0 saturated carbocycles. The second-order valence-corrected chi connectivity index (χ2v) is 6.26. The van der Waals surface area contributed by atoms with Crippen LogP contribution < -0.4 is 10.6 Å². The molecule has 2 N–H and O–H groups in total. The zero-order valence-electron chi connectivity index (χ0n) is 14.9. The average molecular weight is 370 g/mol. The number of piperazine rings is 1. The molecular formula is C19H22N4O4. The summed E-state index contributed by atoms with van der Waals surface area (Å²) in [5.41, 5.74) is 0.956. The van der Waals surface area contributed by atoms with Crippen LogP contribution in [0.15, 0.2) is 53.1 Å². The third-order valence-corrected chi connectivity index (χ3v) is 4.31. The van der Waals surface area contributed by atoms with E-state index in [9.17, 15) is 14.4 Å². The number of amides is 4. The number of carbonyl (C=O) groups excluding carboxylic acids is 3. The largest absolute Gasteiger partial charge is 0.459 e. The summed E-state index contributed by atoms with van der Waals surface area (Å²) in [7, 11) is 0. The number of furan rings is 1. The fourth-order valence-electron chi connectivity index (χ4n) is 2.86. The van der Waals surface area contributed by atoms with E-state index in [4.69, 9.17) is 4.42 Å². The lowest BCUT2D eigenvalue weighted by Crippen LogP contribution is -2.52. The van der Waals surface area contributed by atoms with Gasteiger partial charge in [-0.1, -0.05) is 30.3 Å². The van der Waals surface area contributed by atoms with Crippen LogP contribution in [0.2, 0.25) is 0 Å². The molecule has 1 aliphatic heterocycles. The minimum atomic E-state index is -0.518. The molecule has 142 valence electrons. The van der Waals surface area contributed by atoms with Crippen molar-refractivity contribution < 1.29 is 18.8 Å². The summed E-state index contributed by atoms with van der Waals surface area (Å²) in [6.45, 7) is 2.60. The first-order valence-electron chi connectivity index (χ1n) is 8.78. The summed E-state index contributed by atoms with van der Waals surface area (Å²) in [5.74, 6) is -0.202. The second kappa shape index (κ2) is 9.00. The van der Waals surface area contributed by atoms with Gasteiger partial charge >= 0.3 is 6.03 Å². The quantitative estimate of drug-likeness (QED) is 0.821. The van der Waals surface area contributed by atoms with E-state index in [1.807, 2.05) is 35.2 Å². The van der Waals surface area contributed by atoms with Gasteiger partial charge in [-0.3, -0.25) is 19.8 Å². The van der Waals surface area contributed by atoms with Crippen molar-refractivity contribution in [2.24, 2.45) is 0 Å². The molecule has 0 atom stereocenters. The van der Waals surface area contributed by atoms with Crippen molar-refractivity contribution in [3.05, 3.63) is 60.1 Å². The van der Waals surface area contributed by atoms with Crippen molar-refractivity contribution in [3.8, 4) is 0 Å². The topological polar surface area (TPSA) is 94.9 Å². The minimum Gasteiger partial charge on any atom is -0.459 e. The van der Waals surface area contributed by atoms with E-state index in [0.29, 0.717) is 38.5 Å². The molecule has 8 heteroatoms. The van der Waals surface area contributed by atoms with E-state index in [1.165, 1.54) is 6.26 Å². The summed E-state index contributed by atoms with van der Waals surface area (Å²) in [4.78, 5) is 39.7. The summed E-state index contributed by atoms with van der Waals surface area (Å²) in [5, 5.41) is 4.98. The maximum atomic E-state index is 12.2. The lowest BCUT2D eigenvalue weighted by atomic mass is 10.2. The Morgan fingerprint density at radius 3 is 2.37 bits per heavy atom. The van der Waals surface area contributed by atoms with E-state index in [0.717, 1.165) is 5.56 Å². The summed E-state index contributed by atoms with van der Waals surface area (Å²) in [6.07, 6.45) is 1.47. The van der Waals surface area contributed by atoms with Gasteiger partial charge in [0, 0.05) is 32.7 Å². The van der Waals surface area contributed by atoms with Crippen LogP contribution in [0, 0.1) is 0 Å². The van der Waals surface area contributed by atoms with Gasteiger partial charge in [-0.2, -0.15) is 0 Å². The molecule has 0 unspecified atom stereocenters. The zero-order valence-corrected chi connectivity index (χ0v) is 14.9. The first kappa shape index (κ1) is 18.7. The average Bonchev–Trinajstić information content (AvgIpc) is 3.22. The first-order chi connectivity index (χ1) is 13.1. The third kappa shape index (κ3) is 5.42. The van der Waals surface area contributed by atoms with Crippen molar-refractivity contribution >= 4 is 17.8 Å². The van der Waals surface area contributed by atoms with Crippen LogP contribution in [0.4, 0.5) is 4.79 Å². The number of carbonyl (C=O) groups is 3. The molecule has 3 rings (SSSR count). The fraction of sp³-hybridized carbons (Fsp3) is 0.316. The number of hydrogen-bond acceptors (Lipinski definition) is 5. The van der Waals surface area contributed by atoms with Gasteiger partial charge in [-0.15, -0.1) is 0 Å². The van der Waals surface area contributed by atoms with Crippen molar-refractivity contribution in [2.75, 3.05) is 32.7 Å². The molecule has 4 amide bonds. The van der Waals surface area contributed by atoms with Gasteiger partial charge in [0.1, 0.15) is 0 Å². The van der Waals surface area contributed by atoms with Crippen molar-refractivity contribution in [3.63, 3.8) is 0 Å². The van der Waals surface area contributed by atoms with Crippen molar-refractivity contribution in [2.45, 2.75) is 6.54 Å². The predicted octanol–water partition coefficient (Wildman–Crippen LogP) is 1.06. The third-order valence-electron chi connectivity index (χ3n) is 4.31. The van der Waals surface area contributed by atoms with E-state index in [-0.39, 0.29) is 18.4 Å². The summed E-state index contributed by atoms with van der Waals surface area (Å²) < 4.78 is 5.13. The van der Waals surface area contributed by atoms with E-state index < -0.39 is 6.03 Å². The first-order valence-corrected chi connectivity index (χ1v) is 8.78. The number of hydrogen-bond donors (Lipinski definition) is 2. The van der Waals surface area contributed by atoms with Crippen LogP contribution >= 0.6 is 0 Å². The Balaban J connectivity index is 1.36. The Morgan fingerprint density at radius 2 is 1.70 bits per heavy atom. The molecule has 0 spiro atoms. The van der Waals surface area contributed by atoms with E-state index in [1.54, 1.807) is 17.0 Å². The smallest absolute Gasteiger partial charge is 0.321 e. The Bertz CT molecular complexity index is 768. The van der Waals surface area contributed by atoms with Gasteiger partial charge < -0.3 is 14.6 Å². The highest BCUT2D eigenvalue weighted by Gasteiger charge is 2.24. The molecule has 1 fully saturated rings. The van der Waals surface area contributed by atoms with Crippen LogP contribution in [-0.4, -0.2) is 60.4 Å². The molecular weight excluding hydrogens is 348 g/mol. The molecule has 0 bridgehead atoms. The summed E-state index contributed by atoms with van der Waals surface area (Å²) >= 11 is 0. The summed E-state index contributed by atoms with van der Waals surface area (Å²) in [6, 6.07) is 12.3. The highest BCUT2D eigenvalue weighted by atomic mass is 16.3. The number of imide groups is 1. The molecule has 1 aliphatic rings. The number of urea groups is 1. The maximum absolute atomic E-state index is 12.2. The normalized spacial score (nSPS) is 14.6. The van der Waals surface area contributed by atoms with Gasteiger partial charge in [0.15, 0.2) is 5.76 Å². The number of rotatable bonds is 5. The molecule has 2 heterocycles. The number of benzene rings is 1. The monoisotopic (exact) mass is 370 g/mol. The van der Waals surface area contributed by atoms with Crippen LogP contribution in [-0.2, 0) is 11.3 Å². The molecule has 27 heavy (non-hydrogen) atoms. The Kier molecular flexibility index (Phi) is 6.22. The van der Waals surface area contributed by atoms with Gasteiger partial charge in [0.25, 0.3) is 5.91 Å². The predicted molar refractivity (Wildman–Crippen MR) is 97.9 cm³/mol. The lowest BCUT2D eigenvalue weighted by molar-refractivity contribution is -0.121. The highest BCUT2D eigenvalue weighted by Crippen LogP contribution is 2.09. The van der Waals surface area contributed by atoms with Gasteiger partial charge in [-0.05, 0) is 17.7 Å². The van der Waals surface area contributed by atoms with Crippen LogP contribution in [0.1, 0.15) is 16.1 Å². The fourth-order valence-corrected chi connectivity index (χ4v) is 2.86. The van der Waals surface area contributed by atoms with E-state index in [2.05, 4.69) is 10.6 Å². The number of nitrogens with zero attached hydrogens (tertiary/aromatic N) is 2. The Hall–Kier alpha value is -3.13. The van der Waals surface area contributed by atoms with Crippen molar-refractivity contribution in [1.82, 2.24) is 20.4 Å². The molecule has 1 saturated heterocycles. The highest BCUT2D eigenvalue weighted by molar-refractivity contribution is 5.95. The van der Waals surface area contributed by atoms with Gasteiger partial charge in [0.2, 0.25) is 5.91 Å². The number of nitrogens with one attached hydrogen (secondary N) is 2. The molecule has 8 nitrogen and oxygen atoms in total. The molecule has 1 aromatic carbocycles. The van der Waals surface area contributed by atoms with E-state index >= 15 is 0 Å².